The van der Waals surface area contributed by atoms with Gasteiger partial charge in [-0.2, -0.15) is 0 Å². The van der Waals surface area contributed by atoms with Crippen molar-refractivity contribution in [3.63, 3.8) is 0 Å². The molecule has 4 amide bonds. The number of carbonyl (C=O) groups is 4. The smallest absolute Gasteiger partial charge is 0.344 e. The Bertz CT molecular complexity index is 1300. The van der Waals surface area contributed by atoms with E-state index in [1.165, 1.54) is 9.80 Å². The lowest BCUT2D eigenvalue weighted by Crippen LogP contribution is -2.46. The highest BCUT2D eigenvalue weighted by Gasteiger charge is 2.25. The minimum absolute atomic E-state index is 0.199. The van der Waals surface area contributed by atoms with Crippen LogP contribution in [0.3, 0.4) is 0 Å². The van der Waals surface area contributed by atoms with E-state index in [2.05, 4.69) is 10.6 Å². The summed E-state index contributed by atoms with van der Waals surface area (Å²) in [4.78, 5) is 53.6. The van der Waals surface area contributed by atoms with Gasteiger partial charge in [0.05, 0.1) is 18.8 Å². The Balaban J connectivity index is 1.79. The van der Waals surface area contributed by atoms with Gasteiger partial charge in [-0.3, -0.25) is 14.5 Å². The van der Waals surface area contributed by atoms with Gasteiger partial charge in [-0.15, -0.1) is 0 Å². The number of carbonyl (C=O) groups excluding carboxylic acids is 4. The maximum Gasteiger partial charge on any atom is 0.344 e. The lowest BCUT2D eigenvalue weighted by atomic mass is 10.2. The van der Waals surface area contributed by atoms with Gasteiger partial charge in [0.25, 0.3) is 0 Å². The van der Waals surface area contributed by atoms with E-state index in [0.29, 0.717) is 11.4 Å². The summed E-state index contributed by atoms with van der Waals surface area (Å²) in [6.07, 6.45) is 0. The molecule has 0 aromatic heterocycles. The van der Waals surface area contributed by atoms with E-state index in [9.17, 15) is 19.2 Å². The van der Waals surface area contributed by atoms with Crippen LogP contribution in [-0.2, 0) is 19.1 Å². The van der Waals surface area contributed by atoms with Gasteiger partial charge >= 0.3 is 12.0 Å². The standard InChI is InChI=1S/C29H32N4O6/c1-4-38-28(36)20-39-25-16-9-8-15-24(25)33(19-27(35)32(3)23-13-6-5-7-14-23)26(34)18-30-29(37)31-22-12-10-11-21(2)17-22/h5-17H,4,18-20H2,1-3H3,(H2,30,31,37). The molecule has 0 bridgehead atoms. The van der Waals surface area contributed by atoms with Crippen molar-refractivity contribution in [1.82, 2.24) is 5.32 Å². The van der Waals surface area contributed by atoms with Crippen LogP contribution in [0.25, 0.3) is 0 Å². The van der Waals surface area contributed by atoms with Crippen LogP contribution < -0.4 is 25.2 Å². The van der Waals surface area contributed by atoms with E-state index in [1.807, 2.05) is 19.1 Å². The number of aryl methyl sites for hydroxylation is 1. The van der Waals surface area contributed by atoms with Gasteiger partial charge in [0, 0.05) is 18.4 Å². The fourth-order valence-corrected chi connectivity index (χ4v) is 3.64. The molecule has 3 aromatic rings. The molecule has 0 spiro atoms. The molecule has 0 saturated carbocycles. The van der Waals surface area contributed by atoms with Crippen LogP contribution in [0.15, 0.2) is 78.9 Å². The predicted molar refractivity (Wildman–Crippen MR) is 149 cm³/mol. The minimum Gasteiger partial charge on any atom is -0.480 e. The van der Waals surface area contributed by atoms with Crippen molar-refractivity contribution < 1.29 is 28.7 Å². The van der Waals surface area contributed by atoms with E-state index >= 15 is 0 Å². The molecule has 0 heterocycles. The van der Waals surface area contributed by atoms with Gasteiger partial charge in [-0.1, -0.05) is 42.5 Å². The van der Waals surface area contributed by atoms with Crippen molar-refractivity contribution in [2.75, 3.05) is 48.5 Å². The van der Waals surface area contributed by atoms with Gasteiger partial charge in [-0.25, -0.2) is 9.59 Å². The van der Waals surface area contributed by atoms with E-state index in [4.69, 9.17) is 9.47 Å². The summed E-state index contributed by atoms with van der Waals surface area (Å²) in [5.74, 6) is -1.30. The Hall–Kier alpha value is -4.86. The van der Waals surface area contributed by atoms with Gasteiger partial charge in [0.1, 0.15) is 12.3 Å². The number of urea groups is 1. The molecule has 0 aliphatic rings. The third-order valence-corrected chi connectivity index (χ3v) is 5.60. The van der Waals surface area contributed by atoms with Crippen molar-refractivity contribution >= 4 is 40.9 Å². The number of ether oxygens (including phenoxy) is 2. The molecule has 0 aliphatic carbocycles. The number of hydrogen-bond donors (Lipinski definition) is 2. The third kappa shape index (κ3) is 8.60. The normalized spacial score (nSPS) is 10.2. The van der Waals surface area contributed by atoms with Gasteiger partial charge in [0.2, 0.25) is 11.8 Å². The second-order valence-electron chi connectivity index (χ2n) is 8.51. The Morgan fingerprint density at radius 2 is 1.59 bits per heavy atom. The lowest BCUT2D eigenvalue weighted by molar-refractivity contribution is -0.145. The molecule has 204 valence electrons. The van der Waals surface area contributed by atoms with Crippen LogP contribution in [0.4, 0.5) is 21.9 Å². The first-order valence-corrected chi connectivity index (χ1v) is 12.4. The SMILES string of the molecule is CCOC(=O)COc1ccccc1N(CC(=O)N(C)c1ccccc1)C(=O)CNC(=O)Nc1cccc(C)c1. The third-order valence-electron chi connectivity index (χ3n) is 5.60. The molecule has 0 aliphatic heterocycles. The summed E-state index contributed by atoms with van der Waals surface area (Å²) in [6, 6.07) is 22.2. The summed E-state index contributed by atoms with van der Waals surface area (Å²) in [5, 5.41) is 5.22. The molecule has 0 fully saturated rings. The van der Waals surface area contributed by atoms with Crippen LogP contribution in [-0.4, -0.2) is 57.2 Å². The van der Waals surface area contributed by atoms with Crippen LogP contribution >= 0.6 is 0 Å². The van der Waals surface area contributed by atoms with Crippen molar-refractivity contribution in [1.29, 1.82) is 0 Å². The van der Waals surface area contributed by atoms with E-state index in [1.54, 1.807) is 80.7 Å². The molecule has 0 saturated heterocycles. The van der Waals surface area contributed by atoms with Crippen molar-refractivity contribution in [2.45, 2.75) is 13.8 Å². The second-order valence-corrected chi connectivity index (χ2v) is 8.51. The zero-order valence-electron chi connectivity index (χ0n) is 22.2. The summed E-state index contributed by atoms with van der Waals surface area (Å²) in [6.45, 7) is 2.67. The first-order chi connectivity index (χ1) is 18.8. The maximum absolute atomic E-state index is 13.4. The molecule has 3 rings (SSSR count). The number of para-hydroxylation sites is 3. The molecule has 39 heavy (non-hydrogen) atoms. The number of esters is 1. The van der Waals surface area contributed by atoms with E-state index < -0.39 is 24.5 Å². The number of hydrogen-bond acceptors (Lipinski definition) is 6. The molecule has 10 heteroatoms. The highest BCUT2D eigenvalue weighted by molar-refractivity contribution is 6.05. The van der Waals surface area contributed by atoms with Crippen molar-refractivity contribution in [3.8, 4) is 5.75 Å². The monoisotopic (exact) mass is 532 g/mol. The molecule has 0 unspecified atom stereocenters. The summed E-state index contributed by atoms with van der Waals surface area (Å²) >= 11 is 0. The largest absolute Gasteiger partial charge is 0.480 e. The fraction of sp³-hybridized carbons (Fsp3) is 0.241. The summed E-state index contributed by atoms with van der Waals surface area (Å²) < 4.78 is 10.5. The number of nitrogens with one attached hydrogen (secondary N) is 2. The zero-order chi connectivity index (χ0) is 28.2. The van der Waals surface area contributed by atoms with Crippen molar-refractivity contribution in [2.24, 2.45) is 0 Å². The lowest BCUT2D eigenvalue weighted by Gasteiger charge is -2.27. The number of anilines is 3. The predicted octanol–water partition coefficient (Wildman–Crippen LogP) is 3.75. The van der Waals surface area contributed by atoms with Crippen LogP contribution in [0.5, 0.6) is 5.75 Å². The van der Waals surface area contributed by atoms with Crippen LogP contribution in [0.2, 0.25) is 0 Å². The number of likely N-dealkylation sites (N-methyl/N-ethyl adjacent to an activating group) is 1. The highest BCUT2D eigenvalue weighted by Crippen LogP contribution is 2.28. The Morgan fingerprint density at radius 3 is 2.31 bits per heavy atom. The van der Waals surface area contributed by atoms with E-state index in [0.717, 1.165) is 5.56 Å². The molecule has 0 radical (unpaired) electrons. The number of rotatable bonds is 11. The number of benzene rings is 3. The summed E-state index contributed by atoms with van der Waals surface area (Å²) in [5.41, 5.74) is 2.46. The average Bonchev–Trinajstić information content (AvgIpc) is 2.94. The second kappa shape index (κ2) is 14.2. The number of amides is 4. The van der Waals surface area contributed by atoms with Crippen LogP contribution in [0, 0.1) is 6.92 Å². The Labute approximate surface area is 227 Å². The maximum atomic E-state index is 13.4. The average molecular weight is 533 g/mol. The Morgan fingerprint density at radius 1 is 0.872 bits per heavy atom. The topological polar surface area (TPSA) is 117 Å². The first-order valence-electron chi connectivity index (χ1n) is 12.4. The van der Waals surface area contributed by atoms with Gasteiger partial charge in [0.15, 0.2) is 6.61 Å². The molecular formula is C29H32N4O6. The van der Waals surface area contributed by atoms with Crippen molar-refractivity contribution in [3.05, 3.63) is 84.4 Å². The fourth-order valence-electron chi connectivity index (χ4n) is 3.64. The summed E-state index contributed by atoms with van der Waals surface area (Å²) in [7, 11) is 1.61. The molecule has 10 nitrogen and oxygen atoms in total. The Kier molecular flexibility index (Phi) is 10.4. The van der Waals surface area contributed by atoms with Gasteiger partial charge < -0.3 is 25.0 Å². The molecule has 2 N–H and O–H groups in total. The van der Waals surface area contributed by atoms with E-state index in [-0.39, 0.29) is 37.1 Å². The zero-order valence-corrected chi connectivity index (χ0v) is 22.2. The van der Waals surface area contributed by atoms with Gasteiger partial charge in [-0.05, 0) is 55.8 Å². The molecular weight excluding hydrogens is 500 g/mol. The minimum atomic E-state index is -0.575. The quantitative estimate of drug-likeness (QED) is 0.363. The highest BCUT2D eigenvalue weighted by atomic mass is 16.6. The molecule has 3 aromatic carbocycles. The number of nitrogens with zero attached hydrogens (tertiary/aromatic N) is 2. The first kappa shape index (κ1) is 28.7. The van der Waals surface area contributed by atoms with Crippen LogP contribution in [0.1, 0.15) is 12.5 Å². The molecule has 0 atom stereocenters.